The summed E-state index contributed by atoms with van der Waals surface area (Å²) in [5.74, 6) is -0.0146. The molecule has 1 aliphatic rings. The van der Waals surface area contributed by atoms with Crippen molar-refractivity contribution in [2.75, 3.05) is 13.7 Å². The minimum absolute atomic E-state index is 0.0423. The zero-order valence-corrected chi connectivity index (χ0v) is 17.4. The maximum atomic E-state index is 12.8. The molecule has 156 valence electrons. The molecule has 1 aliphatic heterocycles. The molecular weight excluding hydrogens is 384 g/mol. The minimum atomic E-state index is -3.90. The van der Waals surface area contributed by atoms with Gasteiger partial charge in [0.05, 0.1) is 18.0 Å². The lowest BCUT2D eigenvalue weighted by Gasteiger charge is -2.24. The Morgan fingerprint density at radius 3 is 2.43 bits per heavy atom. The van der Waals surface area contributed by atoms with Gasteiger partial charge in [-0.1, -0.05) is 13.8 Å². The van der Waals surface area contributed by atoms with Crippen molar-refractivity contribution in [1.82, 2.24) is 10.0 Å². The van der Waals surface area contributed by atoms with Crippen molar-refractivity contribution < 1.29 is 27.5 Å². The Kier molecular flexibility index (Phi) is 7.56. The molecule has 0 unspecified atom stereocenters. The first-order valence-corrected chi connectivity index (χ1v) is 10.7. The van der Waals surface area contributed by atoms with Crippen molar-refractivity contribution in [1.29, 1.82) is 0 Å². The van der Waals surface area contributed by atoms with Crippen molar-refractivity contribution in [2.24, 2.45) is 5.92 Å². The molecule has 1 heterocycles. The summed E-state index contributed by atoms with van der Waals surface area (Å²) in [6.45, 7) is 5.59. The predicted molar refractivity (Wildman–Crippen MR) is 104 cm³/mol. The van der Waals surface area contributed by atoms with Gasteiger partial charge in [0.25, 0.3) is 0 Å². The molecule has 0 spiro atoms. The van der Waals surface area contributed by atoms with Crippen LogP contribution < -0.4 is 14.8 Å². The second-order valence-corrected chi connectivity index (χ2v) is 9.00. The van der Waals surface area contributed by atoms with Gasteiger partial charge in [0.2, 0.25) is 15.9 Å². The number of hydrogen-bond acceptors (Lipinski definition) is 6. The van der Waals surface area contributed by atoms with Crippen LogP contribution in [0.2, 0.25) is 0 Å². The fraction of sp³-hybridized carbons (Fsp3) is 0.579. The Bertz CT molecular complexity index is 791. The Labute approximate surface area is 166 Å². The summed E-state index contributed by atoms with van der Waals surface area (Å²) < 4.78 is 38.3. The van der Waals surface area contributed by atoms with Gasteiger partial charge in [0.1, 0.15) is 17.9 Å². The average Bonchev–Trinajstić information content (AvgIpc) is 3.09. The summed E-state index contributed by atoms with van der Waals surface area (Å²) >= 11 is 0. The molecule has 0 bridgehead atoms. The first-order chi connectivity index (χ1) is 13.1. The lowest BCUT2D eigenvalue weighted by atomic mass is 10.0. The van der Waals surface area contributed by atoms with Crippen LogP contribution in [0.3, 0.4) is 0 Å². The number of Topliss-reactive ketones (excluding diaryl/α,β-unsaturated/α-hetero) is 1. The second-order valence-electron chi connectivity index (χ2n) is 7.28. The molecule has 1 fully saturated rings. The molecule has 0 aromatic heterocycles. The van der Waals surface area contributed by atoms with Gasteiger partial charge in [-0.25, -0.2) is 8.42 Å². The van der Waals surface area contributed by atoms with Gasteiger partial charge in [-0.05, 0) is 49.9 Å². The molecule has 0 radical (unpaired) electrons. The van der Waals surface area contributed by atoms with E-state index in [0.717, 1.165) is 0 Å². The van der Waals surface area contributed by atoms with Crippen LogP contribution in [0.4, 0.5) is 0 Å². The average molecular weight is 413 g/mol. The predicted octanol–water partition coefficient (Wildman–Crippen LogP) is 1.25. The monoisotopic (exact) mass is 412 g/mol. The lowest BCUT2D eigenvalue weighted by Crippen LogP contribution is -2.52. The Hall–Kier alpha value is -1.97. The van der Waals surface area contributed by atoms with E-state index < -0.39 is 34.1 Å². The highest BCUT2D eigenvalue weighted by molar-refractivity contribution is 7.89. The van der Waals surface area contributed by atoms with Gasteiger partial charge in [0, 0.05) is 6.61 Å². The number of ether oxygens (including phenoxy) is 2. The molecule has 9 heteroatoms. The third kappa shape index (κ3) is 5.76. The summed E-state index contributed by atoms with van der Waals surface area (Å²) in [4.78, 5) is 24.5. The van der Waals surface area contributed by atoms with Gasteiger partial charge in [-0.15, -0.1) is 0 Å². The molecule has 8 nitrogen and oxygen atoms in total. The number of hydrogen-bond donors (Lipinski definition) is 2. The fourth-order valence-corrected chi connectivity index (χ4v) is 4.32. The third-order valence-corrected chi connectivity index (χ3v) is 6.00. The molecular formula is C19H28N2O6S. The van der Waals surface area contributed by atoms with E-state index in [1.165, 1.54) is 26.2 Å². The zero-order chi connectivity index (χ0) is 20.9. The Morgan fingerprint density at radius 2 is 1.89 bits per heavy atom. The maximum absolute atomic E-state index is 12.8. The van der Waals surface area contributed by atoms with Gasteiger partial charge >= 0.3 is 0 Å². The van der Waals surface area contributed by atoms with E-state index in [0.29, 0.717) is 25.2 Å². The number of nitrogens with one attached hydrogen (secondary N) is 2. The van der Waals surface area contributed by atoms with Gasteiger partial charge in [-0.3, -0.25) is 9.59 Å². The maximum Gasteiger partial charge on any atom is 0.241 e. The number of methoxy groups -OCH3 is 1. The number of amides is 1. The van der Waals surface area contributed by atoms with Gasteiger partial charge < -0.3 is 14.8 Å². The Morgan fingerprint density at radius 1 is 1.25 bits per heavy atom. The quantitative estimate of drug-likeness (QED) is 0.632. The van der Waals surface area contributed by atoms with E-state index in [9.17, 15) is 18.0 Å². The van der Waals surface area contributed by atoms with Gasteiger partial charge in [0.15, 0.2) is 5.78 Å². The van der Waals surface area contributed by atoms with Crippen molar-refractivity contribution in [3.05, 3.63) is 24.3 Å². The van der Waals surface area contributed by atoms with Crippen LogP contribution in [0.25, 0.3) is 0 Å². The van der Waals surface area contributed by atoms with Crippen LogP contribution in [0.1, 0.15) is 33.6 Å². The molecule has 1 aromatic rings. The molecule has 2 rings (SSSR count). The first-order valence-electron chi connectivity index (χ1n) is 9.23. The summed E-state index contributed by atoms with van der Waals surface area (Å²) in [5, 5.41) is 2.78. The van der Waals surface area contributed by atoms with E-state index >= 15 is 0 Å². The van der Waals surface area contributed by atoms with Crippen LogP contribution in [0.5, 0.6) is 5.75 Å². The topological polar surface area (TPSA) is 111 Å². The first kappa shape index (κ1) is 22.3. The summed E-state index contributed by atoms with van der Waals surface area (Å²) in [5.41, 5.74) is 0. The van der Waals surface area contributed by atoms with Crippen LogP contribution in [0, 0.1) is 5.92 Å². The molecule has 1 amide bonds. The fourth-order valence-electron chi connectivity index (χ4n) is 3.11. The SMILES string of the molecule is COc1ccc(S(=O)(=O)N[C@@H](CC(C)C)C(=O)N[C@H]2CCO[C@@H]2C(C)=O)cc1. The smallest absolute Gasteiger partial charge is 0.241 e. The summed E-state index contributed by atoms with van der Waals surface area (Å²) in [7, 11) is -2.41. The highest BCUT2D eigenvalue weighted by Gasteiger charge is 2.35. The highest BCUT2D eigenvalue weighted by Crippen LogP contribution is 2.18. The number of rotatable bonds is 9. The van der Waals surface area contributed by atoms with Crippen LogP contribution in [-0.2, 0) is 24.3 Å². The zero-order valence-electron chi connectivity index (χ0n) is 16.6. The third-order valence-electron chi connectivity index (χ3n) is 4.51. The van der Waals surface area contributed by atoms with E-state index in [4.69, 9.17) is 9.47 Å². The largest absolute Gasteiger partial charge is 0.497 e. The number of sulfonamides is 1. The lowest BCUT2D eigenvalue weighted by molar-refractivity contribution is -0.128. The highest BCUT2D eigenvalue weighted by atomic mass is 32.2. The molecule has 2 N–H and O–H groups in total. The van der Waals surface area contributed by atoms with Crippen molar-refractivity contribution in [3.63, 3.8) is 0 Å². The molecule has 28 heavy (non-hydrogen) atoms. The molecule has 0 saturated carbocycles. The number of ketones is 1. The second kappa shape index (κ2) is 9.49. The number of benzene rings is 1. The van der Waals surface area contributed by atoms with Gasteiger partial charge in [-0.2, -0.15) is 4.72 Å². The van der Waals surface area contributed by atoms with E-state index in [2.05, 4.69) is 10.0 Å². The minimum Gasteiger partial charge on any atom is -0.497 e. The van der Waals surface area contributed by atoms with Crippen molar-refractivity contribution >= 4 is 21.7 Å². The standard InChI is InChI=1S/C19H28N2O6S/c1-12(2)11-17(19(23)20-16-9-10-27-18(16)13(3)22)21-28(24,25)15-7-5-14(26-4)6-8-15/h5-8,12,16-18,21H,9-11H2,1-4H3,(H,20,23)/t16-,17-,18+/m0/s1. The van der Waals surface area contributed by atoms with E-state index in [1.54, 1.807) is 12.1 Å². The molecule has 3 atom stereocenters. The van der Waals surface area contributed by atoms with Crippen LogP contribution in [0.15, 0.2) is 29.2 Å². The number of carbonyl (C=O) groups excluding carboxylic acids is 2. The van der Waals surface area contributed by atoms with E-state index in [-0.39, 0.29) is 16.6 Å². The molecule has 1 aromatic carbocycles. The molecule has 0 aliphatic carbocycles. The Balaban J connectivity index is 2.15. The van der Waals surface area contributed by atoms with E-state index in [1.807, 2.05) is 13.8 Å². The van der Waals surface area contributed by atoms with Crippen LogP contribution in [-0.4, -0.2) is 52.0 Å². The van der Waals surface area contributed by atoms with Crippen molar-refractivity contribution in [3.8, 4) is 5.75 Å². The summed E-state index contributed by atoms with van der Waals surface area (Å²) in [6.07, 6.45) is 0.136. The molecule has 1 saturated heterocycles. The normalized spacial score (nSPS) is 20.8. The van der Waals surface area contributed by atoms with Crippen molar-refractivity contribution in [2.45, 2.75) is 56.7 Å². The summed E-state index contributed by atoms with van der Waals surface area (Å²) in [6, 6.07) is 4.51. The van der Waals surface area contributed by atoms with Crippen LogP contribution >= 0.6 is 0 Å². The number of carbonyl (C=O) groups is 2.